The van der Waals surface area contributed by atoms with Gasteiger partial charge in [0.2, 0.25) is 5.91 Å². The first-order chi connectivity index (χ1) is 10.7. The molecule has 2 unspecified atom stereocenters. The van der Waals surface area contributed by atoms with Crippen LogP contribution in [0.25, 0.3) is 0 Å². The van der Waals surface area contributed by atoms with E-state index in [1.807, 2.05) is 38.2 Å². The normalized spacial score (nSPS) is 20.4. The van der Waals surface area contributed by atoms with Crippen LogP contribution in [-0.4, -0.2) is 50.1 Å². The summed E-state index contributed by atoms with van der Waals surface area (Å²) in [5.74, 6) is 0.881. The second-order valence-electron chi connectivity index (χ2n) is 5.83. The van der Waals surface area contributed by atoms with Gasteiger partial charge >= 0.3 is 0 Å². The molecule has 5 nitrogen and oxygen atoms in total. The molecule has 0 saturated carbocycles. The number of hydrogen-bond acceptors (Lipinski definition) is 4. The summed E-state index contributed by atoms with van der Waals surface area (Å²) in [7, 11) is 3.63. The highest BCUT2D eigenvalue weighted by atomic mass is 16.5. The van der Waals surface area contributed by atoms with Crippen LogP contribution in [0, 0.1) is 0 Å². The van der Waals surface area contributed by atoms with Gasteiger partial charge in [-0.3, -0.25) is 9.69 Å². The number of piperidine rings is 1. The van der Waals surface area contributed by atoms with E-state index in [9.17, 15) is 4.79 Å². The number of likely N-dealkylation sites (tertiary alicyclic amines) is 1. The molecule has 0 aromatic heterocycles. The summed E-state index contributed by atoms with van der Waals surface area (Å²) < 4.78 is 5.31. The Morgan fingerprint density at radius 2 is 2.23 bits per heavy atom. The summed E-state index contributed by atoms with van der Waals surface area (Å²) in [5, 5.41) is 6.33. The molecule has 2 N–H and O–H groups in total. The number of ether oxygens (including phenoxy) is 1. The van der Waals surface area contributed by atoms with Crippen molar-refractivity contribution in [2.75, 3.05) is 27.2 Å². The lowest BCUT2D eigenvalue weighted by Gasteiger charge is -2.36. The van der Waals surface area contributed by atoms with Crippen LogP contribution in [0.3, 0.4) is 0 Å². The van der Waals surface area contributed by atoms with Crippen molar-refractivity contribution in [3.05, 3.63) is 29.8 Å². The zero-order valence-electron chi connectivity index (χ0n) is 13.8. The highest BCUT2D eigenvalue weighted by molar-refractivity contribution is 5.81. The Kier molecular flexibility index (Phi) is 6.21. The minimum Gasteiger partial charge on any atom is -0.496 e. The second-order valence-corrected chi connectivity index (χ2v) is 5.83. The molecule has 1 amide bonds. The summed E-state index contributed by atoms with van der Waals surface area (Å²) in [6.45, 7) is 4.40. The number of amides is 1. The Labute approximate surface area is 133 Å². The molecule has 1 saturated heterocycles. The predicted octanol–water partition coefficient (Wildman–Crippen LogP) is 1.38. The third-order valence-electron chi connectivity index (χ3n) is 4.43. The van der Waals surface area contributed by atoms with E-state index in [1.54, 1.807) is 7.11 Å². The first-order valence-corrected chi connectivity index (χ1v) is 7.96. The summed E-state index contributed by atoms with van der Waals surface area (Å²) in [6, 6.07) is 8.15. The second kappa shape index (κ2) is 8.15. The number of rotatable bonds is 6. The summed E-state index contributed by atoms with van der Waals surface area (Å²) >= 11 is 0. The van der Waals surface area contributed by atoms with Gasteiger partial charge in [0.15, 0.2) is 0 Å². The number of nitrogens with zero attached hydrogens (tertiary/aromatic N) is 1. The van der Waals surface area contributed by atoms with Gasteiger partial charge in [0.05, 0.1) is 13.2 Å². The average Bonchev–Trinajstić information content (AvgIpc) is 2.59. The minimum absolute atomic E-state index is 0.0719. The Morgan fingerprint density at radius 3 is 2.95 bits per heavy atom. The summed E-state index contributed by atoms with van der Waals surface area (Å²) in [5.41, 5.74) is 0.997. The fourth-order valence-electron chi connectivity index (χ4n) is 2.94. The van der Waals surface area contributed by atoms with E-state index in [-0.39, 0.29) is 11.9 Å². The molecular weight excluding hydrogens is 278 g/mol. The van der Waals surface area contributed by atoms with Gasteiger partial charge in [-0.1, -0.05) is 18.2 Å². The van der Waals surface area contributed by atoms with Crippen LogP contribution in [0.1, 0.15) is 25.3 Å². The molecular formula is C17H27N3O2. The topological polar surface area (TPSA) is 53.6 Å². The largest absolute Gasteiger partial charge is 0.496 e. The number of nitrogens with one attached hydrogen (secondary N) is 2. The van der Waals surface area contributed by atoms with Crippen molar-refractivity contribution >= 4 is 5.91 Å². The molecule has 0 aliphatic carbocycles. The Bertz CT molecular complexity index is 493. The standard InChI is InChI=1S/C17H27N3O2/c1-13(20-10-6-8-15(12-20)18-2)17(21)19-11-14-7-4-5-9-16(14)22-3/h4-5,7,9,13,15,18H,6,8,10-12H2,1-3H3,(H,19,21). The number of carbonyl (C=O) groups is 1. The molecule has 5 heteroatoms. The number of methoxy groups -OCH3 is 1. The minimum atomic E-state index is -0.106. The van der Waals surface area contributed by atoms with Gasteiger partial charge in [-0.2, -0.15) is 0 Å². The number of carbonyl (C=O) groups excluding carboxylic acids is 1. The lowest BCUT2D eigenvalue weighted by Crippen LogP contribution is -2.52. The van der Waals surface area contributed by atoms with Crippen LogP contribution in [0.2, 0.25) is 0 Å². The fourth-order valence-corrected chi connectivity index (χ4v) is 2.94. The number of benzene rings is 1. The van der Waals surface area contributed by atoms with Crippen molar-refractivity contribution in [1.29, 1.82) is 0 Å². The Balaban J connectivity index is 1.88. The van der Waals surface area contributed by atoms with Gasteiger partial charge in [0.25, 0.3) is 0 Å². The van der Waals surface area contributed by atoms with Gasteiger partial charge in [-0.25, -0.2) is 0 Å². The third kappa shape index (κ3) is 4.21. The van der Waals surface area contributed by atoms with E-state index < -0.39 is 0 Å². The SMILES string of the molecule is CNC1CCCN(C(C)C(=O)NCc2ccccc2OC)C1. The van der Waals surface area contributed by atoms with Crippen LogP contribution < -0.4 is 15.4 Å². The maximum Gasteiger partial charge on any atom is 0.237 e. The molecule has 0 spiro atoms. The Hall–Kier alpha value is -1.59. The third-order valence-corrected chi connectivity index (χ3v) is 4.43. The highest BCUT2D eigenvalue weighted by Crippen LogP contribution is 2.17. The molecule has 22 heavy (non-hydrogen) atoms. The van der Waals surface area contributed by atoms with E-state index >= 15 is 0 Å². The average molecular weight is 305 g/mol. The van der Waals surface area contributed by atoms with Crippen molar-refractivity contribution in [1.82, 2.24) is 15.5 Å². The molecule has 1 heterocycles. The molecule has 2 rings (SSSR count). The van der Waals surface area contributed by atoms with E-state index in [0.717, 1.165) is 30.8 Å². The van der Waals surface area contributed by atoms with E-state index in [1.165, 1.54) is 6.42 Å². The predicted molar refractivity (Wildman–Crippen MR) is 88.0 cm³/mol. The molecule has 1 aromatic rings. The highest BCUT2D eigenvalue weighted by Gasteiger charge is 2.26. The van der Waals surface area contributed by atoms with Crippen LogP contribution in [0.4, 0.5) is 0 Å². The van der Waals surface area contributed by atoms with E-state index in [4.69, 9.17) is 4.74 Å². The zero-order chi connectivity index (χ0) is 15.9. The smallest absolute Gasteiger partial charge is 0.237 e. The van der Waals surface area contributed by atoms with Crippen molar-refractivity contribution < 1.29 is 9.53 Å². The summed E-state index contributed by atoms with van der Waals surface area (Å²) in [4.78, 5) is 14.6. The van der Waals surface area contributed by atoms with Gasteiger partial charge < -0.3 is 15.4 Å². The van der Waals surface area contributed by atoms with Crippen LogP contribution in [0.15, 0.2) is 24.3 Å². The van der Waals surface area contributed by atoms with Crippen LogP contribution in [0.5, 0.6) is 5.75 Å². The molecule has 2 atom stereocenters. The van der Waals surface area contributed by atoms with Crippen molar-refractivity contribution in [2.24, 2.45) is 0 Å². The van der Waals surface area contributed by atoms with Crippen molar-refractivity contribution in [3.63, 3.8) is 0 Å². The zero-order valence-corrected chi connectivity index (χ0v) is 13.8. The fraction of sp³-hybridized carbons (Fsp3) is 0.588. The maximum atomic E-state index is 12.4. The van der Waals surface area contributed by atoms with Gasteiger partial charge in [-0.15, -0.1) is 0 Å². The quantitative estimate of drug-likeness (QED) is 0.834. The van der Waals surface area contributed by atoms with Gasteiger partial charge in [0, 0.05) is 24.7 Å². The lowest BCUT2D eigenvalue weighted by molar-refractivity contribution is -0.126. The van der Waals surface area contributed by atoms with Crippen LogP contribution >= 0.6 is 0 Å². The van der Waals surface area contributed by atoms with Crippen molar-refractivity contribution in [2.45, 2.75) is 38.4 Å². The lowest BCUT2D eigenvalue weighted by atomic mass is 10.0. The van der Waals surface area contributed by atoms with E-state index in [0.29, 0.717) is 12.6 Å². The number of likely N-dealkylation sites (N-methyl/N-ethyl adjacent to an activating group) is 1. The monoisotopic (exact) mass is 305 g/mol. The molecule has 1 aromatic carbocycles. The maximum absolute atomic E-state index is 12.4. The molecule has 1 aliphatic heterocycles. The molecule has 1 aliphatic rings. The number of hydrogen-bond donors (Lipinski definition) is 2. The first kappa shape index (κ1) is 16.8. The Morgan fingerprint density at radius 1 is 1.45 bits per heavy atom. The van der Waals surface area contributed by atoms with Crippen LogP contribution in [-0.2, 0) is 11.3 Å². The van der Waals surface area contributed by atoms with Crippen molar-refractivity contribution in [3.8, 4) is 5.75 Å². The van der Waals surface area contributed by atoms with E-state index in [2.05, 4.69) is 15.5 Å². The first-order valence-electron chi connectivity index (χ1n) is 7.96. The molecule has 1 fully saturated rings. The number of para-hydroxylation sites is 1. The molecule has 0 bridgehead atoms. The van der Waals surface area contributed by atoms with Gasteiger partial charge in [0.1, 0.15) is 5.75 Å². The molecule has 122 valence electrons. The summed E-state index contributed by atoms with van der Waals surface area (Å²) in [6.07, 6.45) is 2.32. The molecule has 0 radical (unpaired) electrons. The van der Waals surface area contributed by atoms with Gasteiger partial charge in [-0.05, 0) is 39.4 Å².